The number of allylic oxidation sites excluding steroid dienone is 3. The zero-order valence-electron chi connectivity index (χ0n) is 20.0. The number of H-pyrrole nitrogens is 2. The molecule has 9 nitrogen and oxygen atoms in total. The first-order valence-corrected chi connectivity index (χ1v) is 13.0. The maximum absolute atomic E-state index is 13.8. The molecule has 1 fully saturated rings. The average molecular weight is 525 g/mol. The Morgan fingerprint density at radius 2 is 2.03 bits per heavy atom. The summed E-state index contributed by atoms with van der Waals surface area (Å²) in [5.41, 5.74) is 12.7. The van der Waals surface area contributed by atoms with Gasteiger partial charge in [0.15, 0.2) is 11.0 Å². The summed E-state index contributed by atoms with van der Waals surface area (Å²) in [5.74, 6) is 0.695. The summed E-state index contributed by atoms with van der Waals surface area (Å²) in [6.07, 6.45) is 11.1. The van der Waals surface area contributed by atoms with Crippen molar-refractivity contribution in [1.29, 1.82) is 0 Å². The number of carbonyl (C=O) groups is 1. The van der Waals surface area contributed by atoms with Gasteiger partial charge >= 0.3 is 0 Å². The van der Waals surface area contributed by atoms with Crippen LogP contribution in [0, 0.1) is 11.0 Å². The van der Waals surface area contributed by atoms with E-state index < -0.39 is 0 Å². The lowest BCUT2D eigenvalue weighted by Gasteiger charge is -2.06. The third kappa shape index (κ3) is 4.06. The number of fused-ring (bicyclic) bond motifs is 2. The third-order valence-corrected chi connectivity index (χ3v) is 7.55. The van der Waals surface area contributed by atoms with Crippen molar-refractivity contribution in [2.75, 3.05) is 5.32 Å². The van der Waals surface area contributed by atoms with Gasteiger partial charge in [0.05, 0.1) is 35.0 Å². The van der Waals surface area contributed by atoms with Crippen LogP contribution in [0.3, 0.4) is 0 Å². The van der Waals surface area contributed by atoms with Crippen LogP contribution in [0.2, 0.25) is 0 Å². The van der Waals surface area contributed by atoms with Crippen molar-refractivity contribution in [2.45, 2.75) is 19.3 Å². The fraction of sp³-hybridized carbons (Fsp3) is 0.148. The average Bonchev–Trinajstić information content (AvgIpc) is 3.42. The molecule has 0 spiro atoms. The number of nitrogens with zero attached hydrogens (tertiary/aromatic N) is 4. The second kappa shape index (κ2) is 8.73. The second-order valence-electron chi connectivity index (χ2n) is 9.43. The summed E-state index contributed by atoms with van der Waals surface area (Å²) in [6.45, 7) is 0. The molecule has 1 amide bonds. The monoisotopic (exact) mass is 524 g/mol. The van der Waals surface area contributed by atoms with Gasteiger partial charge < -0.3 is 16.0 Å². The van der Waals surface area contributed by atoms with Crippen molar-refractivity contribution in [3.8, 4) is 22.8 Å². The van der Waals surface area contributed by atoms with Crippen molar-refractivity contribution in [3.05, 3.63) is 82.1 Å². The van der Waals surface area contributed by atoms with E-state index in [-0.39, 0.29) is 17.0 Å². The number of hydrogen-bond donors (Lipinski definition) is 4. The van der Waals surface area contributed by atoms with Crippen molar-refractivity contribution in [3.63, 3.8) is 0 Å². The summed E-state index contributed by atoms with van der Waals surface area (Å²) in [6, 6.07) is 6.98. The zero-order valence-corrected chi connectivity index (χ0v) is 20.8. The summed E-state index contributed by atoms with van der Waals surface area (Å²) in [5, 5.41) is 11.0. The standard InChI is InChI=1S/C27H21FN8OS/c28-23-6-5-22(38-23)17-4-3-15(29)8-20-24(17)34-26(33-20)25-18-9-19(31-12-21(18)35-36-25)14-7-16(11-30-10-14)32-27(37)13-1-2-13/h3-7,9-13H,1-2,8,29H2,(H,32,37)(H,33,34)(H,35,36). The quantitative estimate of drug-likeness (QED) is 0.261. The highest BCUT2D eigenvalue weighted by Crippen LogP contribution is 2.36. The summed E-state index contributed by atoms with van der Waals surface area (Å²) in [4.78, 5) is 30.1. The highest BCUT2D eigenvalue weighted by Gasteiger charge is 2.29. The number of pyridine rings is 2. The van der Waals surface area contributed by atoms with Crippen molar-refractivity contribution < 1.29 is 9.18 Å². The lowest BCUT2D eigenvalue weighted by atomic mass is 10.1. The lowest BCUT2D eigenvalue weighted by Crippen LogP contribution is -2.13. The molecule has 38 heavy (non-hydrogen) atoms. The van der Waals surface area contributed by atoms with E-state index in [1.54, 1.807) is 24.7 Å². The highest BCUT2D eigenvalue weighted by molar-refractivity contribution is 7.11. The van der Waals surface area contributed by atoms with Crippen molar-refractivity contribution >= 4 is 39.4 Å². The minimum absolute atomic E-state index is 0.0243. The van der Waals surface area contributed by atoms with E-state index >= 15 is 0 Å². The fourth-order valence-electron chi connectivity index (χ4n) is 4.56. The van der Waals surface area contributed by atoms with Crippen LogP contribution in [0.1, 0.15) is 29.1 Å². The first-order valence-electron chi connectivity index (χ1n) is 12.1. The molecule has 188 valence electrons. The van der Waals surface area contributed by atoms with Gasteiger partial charge in [-0.3, -0.25) is 19.9 Å². The number of imidazole rings is 1. The van der Waals surface area contributed by atoms with Crippen LogP contribution in [-0.2, 0) is 11.2 Å². The largest absolute Gasteiger partial charge is 0.402 e. The van der Waals surface area contributed by atoms with Crippen LogP contribution in [0.4, 0.5) is 10.1 Å². The molecule has 1 saturated carbocycles. The Kier molecular flexibility index (Phi) is 5.18. The van der Waals surface area contributed by atoms with Crippen LogP contribution < -0.4 is 11.1 Å². The van der Waals surface area contributed by atoms with Crippen LogP contribution in [0.25, 0.3) is 39.3 Å². The maximum Gasteiger partial charge on any atom is 0.227 e. The predicted octanol–water partition coefficient (Wildman–Crippen LogP) is 4.79. The lowest BCUT2D eigenvalue weighted by molar-refractivity contribution is -0.117. The molecule has 2 aliphatic rings. The normalized spacial score (nSPS) is 15.1. The molecule has 0 saturated heterocycles. The summed E-state index contributed by atoms with van der Waals surface area (Å²) in [7, 11) is 0. The van der Waals surface area contributed by atoms with Crippen molar-refractivity contribution in [2.24, 2.45) is 11.7 Å². The molecular formula is C27H21FN8OS. The van der Waals surface area contributed by atoms with Gasteiger partial charge in [0, 0.05) is 51.3 Å². The van der Waals surface area contributed by atoms with E-state index in [9.17, 15) is 9.18 Å². The predicted molar refractivity (Wildman–Crippen MR) is 143 cm³/mol. The van der Waals surface area contributed by atoms with E-state index in [1.807, 2.05) is 24.3 Å². The number of thiophene rings is 1. The number of anilines is 1. The van der Waals surface area contributed by atoms with Crippen LogP contribution in [-0.4, -0.2) is 36.0 Å². The number of nitrogens with one attached hydrogen (secondary N) is 3. The topological polar surface area (TPSA) is 138 Å². The molecule has 0 aliphatic heterocycles. The Balaban J connectivity index is 1.27. The molecule has 5 N–H and O–H groups in total. The number of halogens is 1. The van der Waals surface area contributed by atoms with Crippen LogP contribution in [0.15, 0.2) is 60.7 Å². The van der Waals surface area contributed by atoms with Gasteiger partial charge in [0.25, 0.3) is 0 Å². The van der Waals surface area contributed by atoms with Gasteiger partial charge in [-0.2, -0.15) is 9.49 Å². The molecule has 5 heterocycles. The molecule has 2 aliphatic carbocycles. The van der Waals surface area contributed by atoms with E-state index in [2.05, 4.69) is 30.5 Å². The van der Waals surface area contributed by atoms with Gasteiger partial charge in [0.2, 0.25) is 5.91 Å². The number of aromatic amines is 2. The Labute approximate surface area is 219 Å². The van der Waals surface area contributed by atoms with Gasteiger partial charge in [-0.25, -0.2) is 4.98 Å². The molecule has 0 bridgehead atoms. The van der Waals surface area contributed by atoms with E-state index in [4.69, 9.17) is 10.7 Å². The summed E-state index contributed by atoms with van der Waals surface area (Å²) < 4.78 is 13.8. The van der Waals surface area contributed by atoms with Gasteiger partial charge in [-0.05, 0) is 49.3 Å². The SMILES string of the molecule is NC1=CC=C(c2ccc(F)s2)c2nc(-c3n[nH]c4cnc(-c5cncc(NC(=O)C6CC6)c5)cc34)[nH]c2C1. The molecule has 0 aromatic carbocycles. The van der Waals surface area contributed by atoms with E-state index in [1.165, 1.54) is 6.07 Å². The number of nitrogens with two attached hydrogens (primary N) is 1. The highest BCUT2D eigenvalue weighted by atomic mass is 32.1. The van der Waals surface area contributed by atoms with Crippen LogP contribution in [0.5, 0.6) is 0 Å². The molecule has 0 unspecified atom stereocenters. The first kappa shape index (κ1) is 22.5. The zero-order chi connectivity index (χ0) is 25.8. The minimum atomic E-state index is -0.261. The van der Waals surface area contributed by atoms with E-state index in [0.717, 1.165) is 56.8 Å². The summed E-state index contributed by atoms with van der Waals surface area (Å²) >= 11 is 1.07. The Hall–Kier alpha value is -4.64. The Morgan fingerprint density at radius 3 is 2.84 bits per heavy atom. The molecule has 5 aromatic rings. The minimum Gasteiger partial charge on any atom is -0.402 e. The number of rotatable bonds is 5. The maximum atomic E-state index is 13.8. The first-order chi connectivity index (χ1) is 18.5. The molecule has 0 atom stereocenters. The molecule has 11 heteroatoms. The smallest absolute Gasteiger partial charge is 0.227 e. The fourth-order valence-corrected chi connectivity index (χ4v) is 5.31. The van der Waals surface area contributed by atoms with Gasteiger partial charge in [-0.15, -0.1) is 11.3 Å². The Morgan fingerprint density at radius 1 is 1.13 bits per heavy atom. The molecular weight excluding hydrogens is 503 g/mol. The number of aromatic nitrogens is 6. The Bertz CT molecular complexity index is 1790. The number of hydrogen-bond acceptors (Lipinski definition) is 7. The third-order valence-electron chi connectivity index (χ3n) is 6.64. The molecule has 0 radical (unpaired) electrons. The van der Waals surface area contributed by atoms with Gasteiger partial charge in [-0.1, -0.05) is 0 Å². The van der Waals surface area contributed by atoms with E-state index in [0.29, 0.717) is 40.7 Å². The van der Waals surface area contributed by atoms with Crippen molar-refractivity contribution in [1.82, 2.24) is 30.1 Å². The number of amides is 1. The van der Waals surface area contributed by atoms with Gasteiger partial charge in [0.1, 0.15) is 5.69 Å². The molecule has 5 aromatic heterocycles. The number of carbonyl (C=O) groups excluding carboxylic acids is 1. The molecule has 7 rings (SSSR count). The second-order valence-corrected chi connectivity index (χ2v) is 10.5. The van der Waals surface area contributed by atoms with Crippen LogP contribution >= 0.6 is 11.3 Å².